The van der Waals surface area contributed by atoms with Crippen LogP contribution in [0.3, 0.4) is 0 Å². The van der Waals surface area contributed by atoms with Crippen molar-refractivity contribution in [3.63, 3.8) is 0 Å². The minimum atomic E-state index is -0.735. The number of aliphatic hydroxyl groups excluding tert-OH is 1. The van der Waals surface area contributed by atoms with Crippen LogP contribution in [0.2, 0.25) is 0 Å². The highest BCUT2D eigenvalue weighted by molar-refractivity contribution is 9.10. The maximum atomic E-state index is 13.5. The summed E-state index contributed by atoms with van der Waals surface area (Å²) in [5.41, 5.74) is 2.70. The van der Waals surface area contributed by atoms with E-state index in [1.807, 2.05) is 12.1 Å². The van der Waals surface area contributed by atoms with Crippen molar-refractivity contribution in [2.75, 3.05) is 0 Å². The Morgan fingerprint density at radius 1 is 1.32 bits per heavy atom. The second-order valence-corrected chi connectivity index (χ2v) is 5.57. The molecular weight excluding hydrogens is 309 g/mol. The van der Waals surface area contributed by atoms with Crippen molar-refractivity contribution in [2.24, 2.45) is 0 Å². The minimum Gasteiger partial charge on any atom is -0.388 e. The zero-order valence-electron chi connectivity index (χ0n) is 10.2. The Labute approximate surface area is 119 Å². The van der Waals surface area contributed by atoms with Crippen LogP contribution in [0.5, 0.6) is 0 Å². The van der Waals surface area contributed by atoms with E-state index >= 15 is 0 Å². The van der Waals surface area contributed by atoms with Gasteiger partial charge in [-0.15, -0.1) is 0 Å². The average Bonchev–Trinajstić information content (AvgIpc) is 2.85. The Bertz CT molecular complexity index is 617. The summed E-state index contributed by atoms with van der Waals surface area (Å²) in [7, 11) is 0. The van der Waals surface area contributed by atoms with Crippen molar-refractivity contribution < 1.29 is 9.50 Å². The molecule has 2 aromatic rings. The van der Waals surface area contributed by atoms with E-state index in [2.05, 4.69) is 20.9 Å². The number of nitrogens with zero attached hydrogens (tertiary/aromatic N) is 1. The number of fused-ring (bicyclic) bond motifs is 1. The van der Waals surface area contributed by atoms with Crippen LogP contribution in [0.15, 0.2) is 41.0 Å². The molecular formula is C15H13BrFNO. The highest BCUT2D eigenvalue weighted by Gasteiger charge is 2.31. The smallest absolute Gasteiger partial charge is 0.137 e. The number of hydrogen-bond acceptors (Lipinski definition) is 2. The molecule has 1 aromatic heterocycles. The molecule has 19 heavy (non-hydrogen) atoms. The summed E-state index contributed by atoms with van der Waals surface area (Å²) >= 11 is 3.21. The third kappa shape index (κ3) is 2.19. The fourth-order valence-electron chi connectivity index (χ4n) is 2.72. The molecule has 1 heterocycles. The van der Waals surface area contributed by atoms with Crippen molar-refractivity contribution in [1.82, 2.24) is 4.98 Å². The molecule has 0 spiro atoms. The molecule has 0 radical (unpaired) electrons. The van der Waals surface area contributed by atoms with Gasteiger partial charge in [0.05, 0.1) is 10.6 Å². The van der Waals surface area contributed by atoms with E-state index in [-0.39, 0.29) is 11.7 Å². The Morgan fingerprint density at radius 3 is 3.00 bits per heavy atom. The van der Waals surface area contributed by atoms with Crippen LogP contribution in [0.1, 0.15) is 35.3 Å². The molecule has 0 saturated carbocycles. The van der Waals surface area contributed by atoms with Crippen LogP contribution < -0.4 is 0 Å². The predicted octanol–water partition coefficient (Wildman–Crippen LogP) is 3.75. The van der Waals surface area contributed by atoms with Gasteiger partial charge < -0.3 is 5.11 Å². The van der Waals surface area contributed by atoms with Crippen molar-refractivity contribution in [3.8, 4) is 0 Å². The van der Waals surface area contributed by atoms with Gasteiger partial charge in [0, 0.05) is 17.8 Å². The van der Waals surface area contributed by atoms with Crippen molar-refractivity contribution >= 4 is 15.9 Å². The third-order valence-electron chi connectivity index (χ3n) is 3.68. The first-order valence-electron chi connectivity index (χ1n) is 6.24. The first kappa shape index (κ1) is 12.8. The van der Waals surface area contributed by atoms with Gasteiger partial charge in [-0.05, 0) is 52.0 Å². The van der Waals surface area contributed by atoms with Gasteiger partial charge in [-0.1, -0.05) is 18.2 Å². The standard InChI is InChI=1S/C15H13BrFNO/c16-13-10(4-1-5-12(13)17)15(19)11-7-6-9-3-2-8-18-14(9)11/h1-5,8,11,15,19H,6-7H2. The van der Waals surface area contributed by atoms with Gasteiger partial charge in [0.1, 0.15) is 5.82 Å². The number of halogens is 2. The van der Waals surface area contributed by atoms with Crippen LogP contribution in [0.25, 0.3) is 0 Å². The van der Waals surface area contributed by atoms with Crippen molar-refractivity contribution in [3.05, 3.63) is 63.6 Å². The molecule has 1 aromatic carbocycles. The molecule has 4 heteroatoms. The Balaban J connectivity index is 1.98. The number of hydrogen-bond donors (Lipinski definition) is 1. The van der Waals surface area contributed by atoms with E-state index in [1.54, 1.807) is 18.3 Å². The SMILES string of the molecule is OC(c1cccc(F)c1Br)C1CCc2cccnc21. The molecule has 0 fully saturated rings. The normalized spacial score (nSPS) is 19.2. The number of aromatic nitrogens is 1. The lowest BCUT2D eigenvalue weighted by Gasteiger charge is -2.20. The second kappa shape index (κ2) is 5.02. The number of aryl methyl sites for hydroxylation is 1. The number of rotatable bonds is 2. The third-order valence-corrected chi connectivity index (χ3v) is 4.52. The molecule has 0 amide bonds. The summed E-state index contributed by atoms with van der Waals surface area (Å²) in [5, 5.41) is 10.5. The largest absolute Gasteiger partial charge is 0.388 e. The summed E-state index contributed by atoms with van der Waals surface area (Å²) in [6, 6.07) is 8.69. The average molecular weight is 322 g/mol. The molecule has 2 unspecified atom stereocenters. The summed E-state index contributed by atoms with van der Waals surface area (Å²) < 4.78 is 13.9. The maximum Gasteiger partial charge on any atom is 0.137 e. The lowest BCUT2D eigenvalue weighted by molar-refractivity contribution is 0.142. The van der Waals surface area contributed by atoms with Crippen molar-refractivity contribution in [1.29, 1.82) is 0 Å². The number of aliphatic hydroxyl groups is 1. The van der Waals surface area contributed by atoms with E-state index in [0.717, 1.165) is 18.5 Å². The molecule has 1 N–H and O–H groups in total. The Hall–Kier alpha value is -1.26. The van der Waals surface area contributed by atoms with E-state index in [4.69, 9.17) is 0 Å². The topological polar surface area (TPSA) is 33.1 Å². The summed E-state index contributed by atoms with van der Waals surface area (Å²) in [5.74, 6) is -0.412. The minimum absolute atomic E-state index is 0.0608. The van der Waals surface area contributed by atoms with Gasteiger partial charge in [0.15, 0.2) is 0 Å². The molecule has 1 aliphatic carbocycles. The van der Waals surface area contributed by atoms with Crippen LogP contribution >= 0.6 is 15.9 Å². The maximum absolute atomic E-state index is 13.5. The molecule has 0 aliphatic heterocycles. The first-order valence-corrected chi connectivity index (χ1v) is 7.03. The van der Waals surface area contributed by atoms with Crippen LogP contribution in [-0.2, 0) is 6.42 Å². The lowest BCUT2D eigenvalue weighted by atomic mass is 9.93. The Kier molecular flexibility index (Phi) is 3.37. The number of pyridine rings is 1. The predicted molar refractivity (Wildman–Crippen MR) is 74.4 cm³/mol. The fraction of sp³-hybridized carbons (Fsp3) is 0.267. The van der Waals surface area contributed by atoms with E-state index in [1.165, 1.54) is 11.6 Å². The summed E-state index contributed by atoms with van der Waals surface area (Å²) in [4.78, 5) is 4.37. The molecule has 0 saturated heterocycles. The fourth-order valence-corrected chi connectivity index (χ4v) is 3.22. The molecule has 3 rings (SSSR count). The van der Waals surface area contributed by atoms with E-state index in [9.17, 15) is 9.50 Å². The quantitative estimate of drug-likeness (QED) is 0.913. The lowest BCUT2D eigenvalue weighted by Crippen LogP contribution is -2.10. The highest BCUT2D eigenvalue weighted by atomic mass is 79.9. The summed E-state index contributed by atoms with van der Waals surface area (Å²) in [6.07, 6.45) is 2.76. The van der Waals surface area contributed by atoms with E-state index in [0.29, 0.717) is 10.0 Å². The number of benzene rings is 1. The van der Waals surface area contributed by atoms with Crippen LogP contribution in [-0.4, -0.2) is 10.1 Å². The molecule has 0 bridgehead atoms. The first-order chi connectivity index (χ1) is 9.18. The van der Waals surface area contributed by atoms with Gasteiger partial charge in [0.2, 0.25) is 0 Å². The Morgan fingerprint density at radius 2 is 2.16 bits per heavy atom. The molecule has 1 aliphatic rings. The molecule has 98 valence electrons. The van der Waals surface area contributed by atoms with Gasteiger partial charge in [-0.2, -0.15) is 0 Å². The van der Waals surface area contributed by atoms with Gasteiger partial charge in [0.25, 0.3) is 0 Å². The van der Waals surface area contributed by atoms with Gasteiger partial charge in [-0.25, -0.2) is 4.39 Å². The summed E-state index contributed by atoms with van der Waals surface area (Å²) in [6.45, 7) is 0. The van der Waals surface area contributed by atoms with Crippen molar-refractivity contribution in [2.45, 2.75) is 24.9 Å². The zero-order chi connectivity index (χ0) is 13.4. The van der Waals surface area contributed by atoms with E-state index < -0.39 is 6.10 Å². The van der Waals surface area contributed by atoms with Gasteiger partial charge >= 0.3 is 0 Å². The molecule has 2 nitrogen and oxygen atoms in total. The monoisotopic (exact) mass is 321 g/mol. The second-order valence-electron chi connectivity index (χ2n) is 4.78. The van der Waals surface area contributed by atoms with Gasteiger partial charge in [-0.3, -0.25) is 4.98 Å². The zero-order valence-corrected chi connectivity index (χ0v) is 11.8. The highest BCUT2D eigenvalue weighted by Crippen LogP contribution is 2.42. The van der Waals surface area contributed by atoms with Crippen LogP contribution in [0.4, 0.5) is 4.39 Å². The molecule has 2 atom stereocenters. The van der Waals surface area contributed by atoms with Crippen LogP contribution in [0, 0.1) is 5.82 Å².